The van der Waals surface area contributed by atoms with Gasteiger partial charge in [0.1, 0.15) is 5.56 Å². The summed E-state index contributed by atoms with van der Waals surface area (Å²) in [6.07, 6.45) is 1.33. The number of amides is 1. The summed E-state index contributed by atoms with van der Waals surface area (Å²) in [5, 5.41) is 22.7. The van der Waals surface area contributed by atoms with E-state index in [4.69, 9.17) is 0 Å². The molecule has 1 unspecified atom stereocenters. The second-order valence-corrected chi connectivity index (χ2v) is 4.39. The number of carbonyl (C=O) groups is 1. The monoisotopic (exact) mass is 269 g/mol. The molecule has 3 N–H and O–H groups in total. The Morgan fingerprint density at radius 2 is 2.26 bits per heavy atom. The third-order valence-corrected chi connectivity index (χ3v) is 2.73. The molecule has 1 aromatic heterocycles. The smallest absolute Gasteiger partial charge is 0.286 e. The number of aromatic amines is 1. The van der Waals surface area contributed by atoms with Crippen molar-refractivity contribution in [2.45, 2.75) is 25.9 Å². The van der Waals surface area contributed by atoms with Crippen LogP contribution in [0.1, 0.15) is 30.6 Å². The van der Waals surface area contributed by atoms with Crippen LogP contribution in [0, 0.1) is 10.1 Å². The van der Waals surface area contributed by atoms with E-state index in [2.05, 4.69) is 10.3 Å². The molecule has 0 spiro atoms. The molecule has 8 nitrogen and oxygen atoms in total. The molecule has 8 heteroatoms. The van der Waals surface area contributed by atoms with Crippen LogP contribution in [-0.2, 0) is 0 Å². The predicted molar refractivity (Wildman–Crippen MR) is 67.0 cm³/mol. The van der Waals surface area contributed by atoms with Gasteiger partial charge in [-0.2, -0.15) is 0 Å². The van der Waals surface area contributed by atoms with Crippen LogP contribution in [-0.4, -0.2) is 33.1 Å². The number of hydrogen-bond acceptors (Lipinski definition) is 5. The van der Waals surface area contributed by atoms with Crippen molar-refractivity contribution in [3.8, 4) is 0 Å². The lowest BCUT2D eigenvalue weighted by atomic mass is 10.0. The third kappa shape index (κ3) is 3.88. The fraction of sp³-hybridized carbons (Fsp3) is 0.455. The van der Waals surface area contributed by atoms with Gasteiger partial charge in [0.25, 0.3) is 17.2 Å². The van der Waals surface area contributed by atoms with Gasteiger partial charge in [0, 0.05) is 12.6 Å². The maximum absolute atomic E-state index is 11.7. The first-order valence-corrected chi connectivity index (χ1v) is 5.64. The van der Waals surface area contributed by atoms with Crippen LogP contribution in [0.3, 0.4) is 0 Å². The van der Waals surface area contributed by atoms with Crippen LogP contribution in [0.4, 0.5) is 5.69 Å². The first-order valence-electron chi connectivity index (χ1n) is 5.64. The van der Waals surface area contributed by atoms with Crippen LogP contribution >= 0.6 is 0 Å². The van der Waals surface area contributed by atoms with Gasteiger partial charge in [-0.25, -0.2) is 0 Å². The second kappa shape index (κ2) is 5.61. The van der Waals surface area contributed by atoms with E-state index in [1.165, 1.54) is 6.92 Å². The van der Waals surface area contributed by atoms with E-state index in [1.54, 1.807) is 6.92 Å². The van der Waals surface area contributed by atoms with E-state index in [1.807, 2.05) is 0 Å². The number of aliphatic hydroxyl groups is 1. The van der Waals surface area contributed by atoms with Crippen LogP contribution < -0.4 is 10.9 Å². The first-order chi connectivity index (χ1) is 8.76. The topological polar surface area (TPSA) is 125 Å². The van der Waals surface area contributed by atoms with Crippen LogP contribution in [0.25, 0.3) is 0 Å². The molecule has 104 valence electrons. The fourth-order valence-corrected chi connectivity index (χ4v) is 1.24. The van der Waals surface area contributed by atoms with Crippen LogP contribution in [0.5, 0.6) is 0 Å². The SMILES string of the molecule is CCC(C)(O)CNC(=O)c1cc([N+](=O)[O-])c[nH]c1=O. The third-order valence-electron chi connectivity index (χ3n) is 2.73. The summed E-state index contributed by atoms with van der Waals surface area (Å²) in [5.41, 5.74) is -2.56. The summed E-state index contributed by atoms with van der Waals surface area (Å²) >= 11 is 0. The summed E-state index contributed by atoms with van der Waals surface area (Å²) in [7, 11) is 0. The number of nitro groups is 1. The van der Waals surface area contributed by atoms with Crippen molar-refractivity contribution in [1.29, 1.82) is 0 Å². The van der Waals surface area contributed by atoms with Gasteiger partial charge in [0.2, 0.25) is 0 Å². The number of pyridine rings is 1. The van der Waals surface area contributed by atoms with E-state index in [0.717, 1.165) is 12.3 Å². The normalized spacial score (nSPS) is 13.6. The summed E-state index contributed by atoms with van der Waals surface area (Å²) in [6, 6.07) is 0.898. The molecule has 1 atom stereocenters. The Morgan fingerprint density at radius 1 is 1.63 bits per heavy atom. The van der Waals surface area contributed by atoms with Gasteiger partial charge in [-0.15, -0.1) is 0 Å². The van der Waals surface area contributed by atoms with Crippen molar-refractivity contribution in [3.05, 3.63) is 38.3 Å². The molecule has 0 radical (unpaired) electrons. The molecular weight excluding hydrogens is 254 g/mol. The lowest BCUT2D eigenvalue weighted by Crippen LogP contribution is -2.41. The fourth-order valence-electron chi connectivity index (χ4n) is 1.24. The van der Waals surface area contributed by atoms with Crippen molar-refractivity contribution in [3.63, 3.8) is 0 Å². The molecule has 1 amide bonds. The van der Waals surface area contributed by atoms with E-state index in [9.17, 15) is 24.8 Å². The number of nitrogens with zero attached hydrogens (tertiary/aromatic N) is 1. The van der Waals surface area contributed by atoms with Crippen molar-refractivity contribution < 1.29 is 14.8 Å². The minimum Gasteiger partial charge on any atom is -0.388 e. The van der Waals surface area contributed by atoms with Gasteiger partial charge in [0.15, 0.2) is 0 Å². The van der Waals surface area contributed by atoms with Crippen molar-refractivity contribution in [1.82, 2.24) is 10.3 Å². The van der Waals surface area contributed by atoms with Gasteiger partial charge in [0.05, 0.1) is 16.7 Å². The Bertz CT molecular complexity index is 550. The highest BCUT2D eigenvalue weighted by atomic mass is 16.6. The average molecular weight is 269 g/mol. The number of hydrogen-bond donors (Lipinski definition) is 3. The number of carbonyl (C=O) groups excluding carboxylic acids is 1. The molecule has 0 aliphatic heterocycles. The van der Waals surface area contributed by atoms with Gasteiger partial charge < -0.3 is 15.4 Å². The highest BCUT2D eigenvalue weighted by Crippen LogP contribution is 2.09. The van der Waals surface area contributed by atoms with Crippen LogP contribution in [0.15, 0.2) is 17.1 Å². The molecule has 0 saturated carbocycles. The summed E-state index contributed by atoms with van der Waals surface area (Å²) < 4.78 is 0. The van der Waals surface area contributed by atoms with Gasteiger partial charge in [-0.3, -0.25) is 19.7 Å². The Labute approximate surface area is 108 Å². The Morgan fingerprint density at radius 3 is 2.79 bits per heavy atom. The minimum atomic E-state index is -1.09. The van der Waals surface area contributed by atoms with Crippen LogP contribution in [0.2, 0.25) is 0 Å². The molecule has 0 aliphatic rings. The zero-order valence-corrected chi connectivity index (χ0v) is 10.6. The Balaban J connectivity index is 2.91. The first kappa shape index (κ1) is 14.8. The standard InChI is InChI=1S/C11H15N3O5/c1-3-11(2,17)6-13-10(16)8-4-7(14(18)19)5-12-9(8)15/h4-5,17H,3,6H2,1-2H3,(H,12,15)(H,13,16). The van der Waals surface area contributed by atoms with E-state index in [-0.39, 0.29) is 17.8 Å². The molecule has 1 heterocycles. The van der Waals surface area contributed by atoms with E-state index in [0.29, 0.717) is 6.42 Å². The van der Waals surface area contributed by atoms with Crippen molar-refractivity contribution >= 4 is 11.6 Å². The average Bonchev–Trinajstić information content (AvgIpc) is 2.36. The molecule has 0 bridgehead atoms. The number of rotatable bonds is 5. The Kier molecular flexibility index (Phi) is 4.38. The minimum absolute atomic E-state index is 0.0511. The highest BCUT2D eigenvalue weighted by molar-refractivity contribution is 5.94. The lowest BCUT2D eigenvalue weighted by Gasteiger charge is -2.21. The number of H-pyrrole nitrogens is 1. The van der Waals surface area contributed by atoms with Gasteiger partial charge >= 0.3 is 0 Å². The summed E-state index contributed by atoms with van der Waals surface area (Å²) in [6.45, 7) is 3.22. The quantitative estimate of drug-likeness (QED) is 0.519. The van der Waals surface area contributed by atoms with Gasteiger partial charge in [-0.05, 0) is 13.3 Å². The van der Waals surface area contributed by atoms with E-state index >= 15 is 0 Å². The maximum Gasteiger partial charge on any atom is 0.286 e. The zero-order chi connectivity index (χ0) is 14.6. The number of nitrogens with one attached hydrogen (secondary N) is 2. The Hall–Kier alpha value is -2.22. The van der Waals surface area contributed by atoms with Gasteiger partial charge in [-0.1, -0.05) is 6.92 Å². The highest BCUT2D eigenvalue weighted by Gasteiger charge is 2.21. The van der Waals surface area contributed by atoms with E-state index < -0.39 is 22.0 Å². The van der Waals surface area contributed by atoms with Crippen molar-refractivity contribution in [2.24, 2.45) is 0 Å². The number of aromatic nitrogens is 1. The zero-order valence-electron chi connectivity index (χ0n) is 10.6. The second-order valence-electron chi connectivity index (χ2n) is 4.39. The summed E-state index contributed by atoms with van der Waals surface area (Å²) in [5.74, 6) is -0.765. The molecular formula is C11H15N3O5. The van der Waals surface area contributed by atoms with Crippen molar-refractivity contribution in [2.75, 3.05) is 6.54 Å². The molecule has 0 fully saturated rings. The predicted octanol–water partition coefficient (Wildman–Crippen LogP) is 0.174. The molecule has 0 aliphatic carbocycles. The molecule has 1 rings (SSSR count). The lowest BCUT2D eigenvalue weighted by molar-refractivity contribution is -0.385. The molecule has 19 heavy (non-hydrogen) atoms. The molecule has 0 saturated heterocycles. The largest absolute Gasteiger partial charge is 0.388 e. The summed E-state index contributed by atoms with van der Waals surface area (Å²) in [4.78, 5) is 35.1. The maximum atomic E-state index is 11.7. The molecule has 0 aromatic carbocycles. The molecule has 1 aromatic rings.